The van der Waals surface area contributed by atoms with E-state index >= 15 is 0 Å². The molecule has 0 saturated carbocycles. The molecule has 0 atom stereocenters. The van der Waals surface area contributed by atoms with Crippen LogP contribution >= 0.6 is 0 Å². The van der Waals surface area contributed by atoms with Crippen LogP contribution in [-0.4, -0.2) is 69.4 Å². The van der Waals surface area contributed by atoms with E-state index in [-0.39, 0.29) is 3.89 Å². The molecule has 8 heteroatoms. The topological polar surface area (TPSA) is 66.1 Å². The van der Waals surface area contributed by atoms with Crippen molar-refractivity contribution in [3.8, 4) is 0 Å². The summed E-state index contributed by atoms with van der Waals surface area (Å²) in [7, 11) is -0.372. The second kappa shape index (κ2) is 6.42. The van der Waals surface area contributed by atoms with Crippen LogP contribution in [0.1, 0.15) is 24.4 Å². The second-order valence-corrected chi connectivity index (χ2v) is 10.9. The molecule has 29 heavy (non-hydrogen) atoms. The second-order valence-electron chi connectivity index (χ2n) is 8.59. The number of rotatable bonds is 2. The molecule has 2 bridgehead atoms. The van der Waals surface area contributed by atoms with Crippen molar-refractivity contribution >= 4 is 27.2 Å². The predicted octanol–water partition coefficient (Wildman–Crippen LogP) is 2.73. The minimum Gasteiger partial charge on any atom is -0.454 e. The molecule has 0 radical (unpaired) electrons. The molecule has 4 aliphatic heterocycles. The van der Waals surface area contributed by atoms with E-state index in [4.69, 9.17) is 9.41 Å². The van der Waals surface area contributed by atoms with Crippen LogP contribution in [0.25, 0.3) is 0 Å². The third kappa shape index (κ3) is 2.85. The van der Waals surface area contributed by atoms with Gasteiger partial charge in [0.1, 0.15) is 10.7 Å². The highest BCUT2D eigenvalue weighted by molar-refractivity contribution is 7.86. The highest BCUT2D eigenvalue weighted by atomic mass is 32.2. The van der Waals surface area contributed by atoms with Gasteiger partial charge in [-0.05, 0) is 50.1 Å². The Morgan fingerprint density at radius 2 is 1.83 bits per heavy atom. The molecule has 0 aliphatic carbocycles. The van der Waals surface area contributed by atoms with Gasteiger partial charge in [-0.15, -0.1) is 0 Å². The number of sulfonamides is 1. The molecule has 0 amide bonds. The van der Waals surface area contributed by atoms with Crippen molar-refractivity contribution in [1.29, 1.82) is 0 Å². The van der Waals surface area contributed by atoms with Gasteiger partial charge in [-0.2, -0.15) is 17.3 Å². The minimum atomic E-state index is -3.68. The lowest BCUT2D eigenvalue weighted by Gasteiger charge is -2.35. The summed E-state index contributed by atoms with van der Waals surface area (Å²) in [5.41, 5.74) is 1.46. The monoisotopic (exact) mass is 415 g/mol. The Hall–Kier alpha value is -2.16. The summed E-state index contributed by atoms with van der Waals surface area (Å²) in [5.74, 6) is 1.62. The quantitative estimate of drug-likeness (QED) is 0.706. The molecular weight excluding hydrogens is 388 g/mol. The van der Waals surface area contributed by atoms with E-state index in [9.17, 15) is 8.42 Å². The van der Waals surface area contributed by atoms with Crippen LogP contribution in [0.2, 0.25) is 0 Å². The zero-order valence-corrected chi connectivity index (χ0v) is 17.9. The number of quaternary nitrogens is 1. The van der Waals surface area contributed by atoms with Gasteiger partial charge in [-0.25, -0.2) is 0 Å². The molecule has 3 fully saturated rings. The predicted molar refractivity (Wildman–Crippen MR) is 112 cm³/mol. The number of anilines is 1. The lowest BCUT2D eigenvalue weighted by Crippen LogP contribution is -2.52. The maximum absolute atomic E-state index is 13.6. The molecule has 0 unspecified atom stereocenters. The number of hydrogen-bond donors (Lipinski definition) is 0. The lowest BCUT2D eigenvalue weighted by atomic mass is 10.0. The minimum absolute atomic E-state index is 0.297. The summed E-state index contributed by atoms with van der Waals surface area (Å²) in [5, 5.41) is 0. The smallest absolute Gasteiger partial charge is 0.335 e. The van der Waals surface area contributed by atoms with Crippen molar-refractivity contribution in [2.45, 2.75) is 30.7 Å². The van der Waals surface area contributed by atoms with Crippen molar-refractivity contribution in [2.24, 2.45) is 4.99 Å². The van der Waals surface area contributed by atoms with Gasteiger partial charge in [0.05, 0.1) is 19.8 Å². The van der Waals surface area contributed by atoms with Gasteiger partial charge in [-0.1, -0.05) is 0 Å². The highest BCUT2D eigenvalue weighted by Crippen LogP contribution is 2.40. The average molecular weight is 416 g/mol. The van der Waals surface area contributed by atoms with Gasteiger partial charge < -0.3 is 14.2 Å². The molecule has 0 spiro atoms. The van der Waals surface area contributed by atoms with Crippen molar-refractivity contribution in [3.05, 3.63) is 41.9 Å². The van der Waals surface area contributed by atoms with Gasteiger partial charge in [0, 0.05) is 37.9 Å². The standard InChI is InChI=1S/C21H27N4O3S/c1-15-4-7-19(28-15)21-22-18-6-5-17(14-20(18)29(26,27)25(21,2)3)24-13-12-23-10-8-16(24)9-11-23/h4-7,14,16H,8-13H2,1-3H3/q+1. The van der Waals surface area contributed by atoms with Crippen molar-refractivity contribution in [1.82, 2.24) is 4.90 Å². The molecule has 2 aromatic rings. The first-order valence-corrected chi connectivity index (χ1v) is 11.6. The van der Waals surface area contributed by atoms with Gasteiger partial charge in [0.25, 0.3) is 5.84 Å². The molecule has 3 saturated heterocycles. The number of fused-ring (bicyclic) bond motifs is 5. The number of furan rings is 1. The zero-order valence-electron chi connectivity index (χ0n) is 17.1. The Morgan fingerprint density at radius 3 is 2.52 bits per heavy atom. The molecular formula is C21H27N4O3S+. The van der Waals surface area contributed by atoms with Crippen LogP contribution in [0, 0.1) is 6.92 Å². The first kappa shape index (κ1) is 18.8. The maximum atomic E-state index is 13.6. The highest BCUT2D eigenvalue weighted by Gasteiger charge is 2.47. The third-order valence-corrected chi connectivity index (χ3v) is 8.76. The molecule has 5 heterocycles. The molecule has 6 rings (SSSR count). The van der Waals surface area contributed by atoms with Crippen molar-refractivity contribution in [2.75, 3.05) is 45.2 Å². The fourth-order valence-corrected chi connectivity index (χ4v) is 6.17. The van der Waals surface area contributed by atoms with E-state index in [1.165, 1.54) is 0 Å². The fraction of sp³-hybridized carbons (Fsp3) is 0.476. The van der Waals surface area contributed by atoms with E-state index in [0.717, 1.165) is 50.5 Å². The van der Waals surface area contributed by atoms with Crippen LogP contribution in [0.5, 0.6) is 0 Å². The first-order chi connectivity index (χ1) is 13.8. The SMILES string of the molecule is Cc1ccc(C2=Nc3ccc(N4CCN5CCC4CC5)cc3S(=O)(=O)[N+]2(C)C)o1. The number of nitrogens with zero attached hydrogens (tertiary/aromatic N) is 4. The number of aliphatic imine (C=N–C) groups is 1. The summed E-state index contributed by atoms with van der Waals surface area (Å²) >= 11 is 0. The van der Waals surface area contributed by atoms with Crippen molar-refractivity contribution in [3.63, 3.8) is 0 Å². The maximum Gasteiger partial charge on any atom is 0.335 e. The molecule has 1 aromatic heterocycles. The molecule has 0 N–H and O–H groups in total. The largest absolute Gasteiger partial charge is 0.454 e. The van der Waals surface area contributed by atoms with Crippen LogP contribution < -0.4 is 4.90 Å². The summed E-state index contributed by atoms with van der Waals surface area (Å²) in [6, 6.07) is 9.77. The Kier molecular flexibility index (Phi) is 4.17. The summed E-state index contributed by atoms with van der Waals surface area (Å²) in [6.07, 6.45) is 2.26. The molecule has 7 nitrogen and oxygen atoms in total. The zero-order chi connectivity index (χ0) is 20.4. The normalized spacial score (nSPS) is 27.3. The van der Waals surface area contributed by atoms with Crippen LogP contribution in [-0.2, 0) is 10.0 Å². The number of piperidine rings is 1. The number of hydrogen-bond acceptors (Lipinski definition) is 6. The Labute approximate surface area is 171 Å². The molecule has 1 aromatic carbocycles. The average Bonchev–Trinajstić information content (AvgIpc) is 2.90. The van der Waals surface area contributed by atoms with Crippen LogP contribution in [0.4, 0.5) is 11.4 Å². The molecule has 154 valence electrons. The Morgan fingerprint density at radius 1 is 1.07 bits per heavy atom. The number of amidine groups is 1. The van der Waals surface area contributed by atoms with E-state index in [0.29, 0.717) is 28.2 Å². The van der Waals surface area contributed by atoms with Gasteiger partial charge in [0.2, 0.25) is 5.76 Å². The Balaban J connectivity index is 1.61. The van der Waals surface area contributed by atoms with Gasteiger partial charge in [-0.3, -0.25) is 0 Å². The summed E-state index contributed by atoms with van der Waals surface area (Å²) in [6.45, 7) is 6.06. The lowest BCUT2D eigenvalue weighted by molar-refractivity contribution is -0.660. The van der Waals surface area contributed by atoms with E-state index < -0.39 is 10.0 Å². The third-order valence-electron chi connectivity index (χ3n) is 6.51. The number of benzene rings is 1. The van der Waals surface area contributed by atoms with E-state index in [1.54, 1.807) is 20.2 Å². The van der Waals surface area contributed by atoms with Crippen LogP contribution in [0.3, 0.4) is 0 Å². The summed E-state index contributed by atoms with van der Waals surface area (Å²) < 4.78 is 32.5. The van der Waals surface area contributed by atoms with E-state index in [2.05, 4.69) is 9.80 Å². The fourth-order valence-electron chi connectivity index (χ4n) is 4.68. The molecule has 4 aliphatic rings. The Bertz CT molecular complexity index is 1090. The first-order valence-electron chi connectivity index (χ1n) is 10.2. The van der Waals surface area contributed by atoms with Gasteiger partial charge in [0.15, 0.2) is 0 Å². The summed E-state index contributed by atoms with van der Waals surface area (Å²) in [4.78, 5) is 9.90. The van der Waals surface area contributed by atoms with E-state index in [1.807, 2.05) is 31.2 Å². The van der Waals surface area contributed by atoms with Crippen molar-refractivity contribution < 1.29 is 16.7 Å². The van der Waals surface area contributed by atoms with Crippen LogP contribution in [0.15, 0.2) is 44.6 Å². The number of aryl methyl sites for hydroxylation is 1. The van der Waals surface area contributed by atoms with Gasteiger partial charge >= 0.3 is 10.0 Å².